The van der Waals surface area contributed by atoms with Gasteiger partial charge in [-0.3, -0.25) is 0 Å². The second kappa shape index (κ2) is 3.01. The second-order valence-corrected chi connectivity index (χ2v) is 5.62. The lowest BCUT2D eigenvalue weighted by Gasteiger charge is -2.22. The molecule has 0 aromatic heterocycles. The Morgan fingerprint density at radius 1 is 1.33 bits per heavy atom. The third kappa shape index (κ3) is 1.37. The fourth-order valence-corrected chi connectivity index (χ4v) is 3.27. The number of fused-ring (bicyclic) bond motifs is 1. The van der Waals surface area contributed by atoms with Crippen molar-refractivity contribution in [3.8, 4) is 5.75 Å². The molecule has 82 valence electrons. The van der Waals surface area contributed by atoms with Crippen LogP contribution in [-0.2, 0) is 5.41 Å². The van der Waals surface area contributed by atoms with Crippen molar-refractivity contribution in [2.45, 2.75) is 52.4 Å². The van der Waals surface area contributed by atoms with E-state index in [1.807, 2.05) is 13.8 Å². The summed E-state index contributed by atoms with van der Waals surface area (Å²) in [6.07, 6.45) is 1.19. The van der Waals surface area contributed by atoms with E-state index in [2.05, 4.69) is 26.8 Å². The highest BCUT2D eigenvalue weighted by Gasteiger charge is 2.36. The fraction of sp³-hybridized carbons (Fsp3) is 0.571. The SMILES string of the molecule is Cc1cc2c(c(C)c1O)C(C)(C)CC2C. The van der Waals surface area contributed by atoms with Crippen LogP contribution < -0.4 is 0 Å². The number of aromatic hydroxyl groups is 1. The Bertz CT molecular complexity index is 416. The lowest BCUT2D eigenvalue weighted by Crippen LogP contribution is -2.14. The van der Waals surface area contributed by atoms with Gasteiger partial charge >= 0.3 is 0 Å². The molecule has 0 spiro atoms. The minimum Gasteiger partial charge on any atom is -0.507 e. The summed E-state index contributed by atoms with van der Waals surface area (Å²) in [5.41, 5.74) is 5.12. The van der Waals surface area contributed by atoms with Crippen LogP contribution in [0.3, 0.4) is 0 Å². The Labute approximate surface area is 92.1 Å². The van der Waals surface area contributed by atoms with Crippen molar-refractivity contribution in [1.82, 2.24) is 0 Å². The number of rotatable bonds is 0. The molecule has 1 aliphatic rings. The molecule has 15 heavy (non-hydrogen) atoms. The molecule has 0 aliphatic heterocycles. The normalized spacial score (nSPS) is 22.9. The van der Waals surface area contributed by atoms with E-state index in [1.54, 1.807) is 0 Å². The molecule has 1 unspecified atom stereocenters. The van der Waals surface area contributed by atoms with Gasteiger partial charge in [0.1, 0.15) is 5.75 Å². The van der Waals surface area contributed by atoms with Crippen molar-refractivity contribution >= 4 is 0 Å². The van der Waals surface area contributed by atoms with E-state index in [0.29, 0.717) is 11.7 Å². The van der Waals surface area contributed by atoms with Gasteiger partial charge in [-0.2, -0.15) is 0 Å². The topological polar surface area (TPSA) is 20.2 Å². The van der Waals surface area contributed by atoms with E-state index in [4.69, 9.17) is 0 Å². The Hall–Kier alpha value is -0.980. The molecule has 1 N–H and O–H groups in total. The van der Waals surface area contributed by atoms with Gasteiger partial charge in [-0.1, -0.05) is 26.8 Å². The highest BCUT2D eigenvalue weighted by Crippen LogP contribution is 2.49. The molecular weight excluding hydrogens is 184 g/mol. The molecule has 0 fully saturated rings. The van der Waals surface area contributed by atoms with Gasteiger partial charge in [0.2, 0.25) is 0 Å². The Morgan fingerprint density at radius 3 is 2.53 bits per heavy atom. The summed E-state index contributed by atoms with van der Waals surface area (Å²) in [6, 6.07) is 2.16. The quantitative estimate of drug-likeness (QED) is 0.681. The molecule has 2 rings (SSSR count). The van der Waals surface area contributed by atoms with Crippen LogP contribution in [0.25, 0.3) is 0 Å². The number of aryl methyl sites for hydroxylation is 1. The standard InChI is InChI=1S/C14H20O/c1-8-6-11-9(2)7-14(4,5)12(11)10(3)13(8)15/h6,9,15H,7H2,1-5H3. The predicted molar refractivity (Wildman–Crippen MR) is 63.6 cm³/mol. The molecule has 1 atom stereocenters. The molecule has 1 nitrogen and oxygen atoms in total. The van der Waals surface area contributed by atoms with Crippen LogP contribution in [0.15, 0.2) is 6.07 Å². The zero-order valence-electron chi connectivity index (χ0n) is 10.3. The van der Waals surface area contributed by atoms with Gasteiger partial charge in [-0.05, 0) is 53.9 Å². The van der Waals surface area contributed by atoms with Crippen LogP contribution in [0.2, 0.25) is 0 Å². The summed E-state index contributed by atoms with van der Waals surface area (Å²) >= 11 is 0. The van der Waals surface area contributed by atoms with Crippen LogP contribution in [-0.4, -0.2) is 5.11 Å². The van der Waals surface area contributed by atoms with E-state index in [9.17, 15) is 5.11 Å². The molecule has 1 aromatic rings. The maximum atomic E-state index is 9.99. The van der Waals surface area contributed by atoms with E-state index < -0.39 is 0 Å². The Balaban J connectivity index is 2.76. The molecule has 1 heteroatoms. The first-order valence-electron chi connectivity index (χ1n) is 5.68. The van der Waals surface area contributed by atoms with Crippen molar-refractivity contribution < 1.29 is 5.11 Å². The molecule has 0 bridgehead atoms. The van der Waals surface area contributed by atoms with Gasteiger partial charge in [-0.25, -0.2) is 0 Å². The zero-order valence-corrected chi connectivity index (χ0v) is 10.3. The zero-order chi connectivity index (χ0) is 11.4. The van der Waals surface area contributed by atoms with Crippen LogP contribution >= 0.6 is 0 Å². The van der Waals surface area contributed by atoms with Gasteiger partial charge < -0.3 is 5.11 Å². The second-order valence-electron chi connectivity index (χ2n) is 5.62. The number of hydrogen-bond donors (Lipinski definition) is 1. The maximum Gasteiger partial charge on any atom is 0.121 e. The van der Waals surface area contributed by atoms with Gasteiger partial charge in [0.25, 0.3) is 0 Å². The average molecular weight is 204 g/mol. The summed E-state index contributed by atoms with van der Waals surface area (Å²) in [7, 11) is 0. The largest absolute Gasteiger partial charge is 0.507 e. The maximum absolute atomic E-state index is 9.99. The Kier molecular flexibility index (Phi) is 2.11. The molecule has 1 aliphatic carbocycles. The van der Waals surface area contributed by atoms with E-state index in [1.165, 1.54) is 17.5 Å². The third-order valence-corrected chi connectivity index (χ3v) is 3.79. The summed E-state index contributed by atoms with van der Waals surface area (Å²) in [5.74, 6) is 1.10. The molecule has 0 radical (unpaired) electrons. The summed E-state index contributed by atoms with van der Waals surface area (Å²) in [6.45, 7) is 10.9. The summed E-state index contributed by atoms with van der Waals surface area (Å²) in [5, 5.41) is 9.99. The van der Waals surface area contributed by atoms with Crippen LogP contribution in [0.1, 0.15) is 55.4 Å². The molecule has 0 saturated carbocycles. The van der Waals surface area contributed by atoms with Crippen molar-refractivity contribution in [3.05, 3.63) is 28.3 Å². The monoisotopic (exact) mass is 204 g/mol. The van der Waals surface area contributed by atoms with Gasteiger partial charge in [0.15, 0.2) is 0 Å². The van der Waals surface area contributed by atoms with Gasteiger partial charge in [-0.15, -0.1) is 0 Å². The number of benzene rings is 1. The van der Waals surface area contributed by atoms with E-state index in [0.717, 1.165) is 11.1 Å². The highest BCUT2D eigenvalue weighted by atomic mass is 16.3. The number of phenols is 1. The minimum absolute atomic E-state index is 0.212. The number of phenolic OH excluding ortho intramolecular Hbond substituents is 1. The van der Waals surface area contributed by atoms with Crippen molar-refractivity contribution in [3.63, 3.8) is 0 Å². The third-order valence-electron chi connectivity index (χ3n) is 3.79. The van der Waals surface area contributed by atoms with Crippen LogP contribution in [0.4, 0.5) is 0 Å². The molecule has 1 aromatic carbocycles. The van der Waals surface area contributed by atoms with Crippen molar-refractivity contribution in [2.24, 2.45) is 0 Å². The lowest BCUT2D eigenvalue weighted by molar-refractivity contribution is 0.457. The lowest BCUT2D eigenvalue weighted by atomic mass is 9.83. The predicted octanol–water partition coefficient (Wildman–Crippen LogP) is 3.79. The molecule has 0 saturated heterocycles. The number of hydrogen-bond acceptors (Lipinski definition) is 1. The molecule has 0 amide bonds. The van der Waals surface area contributed by atoms with Crippen LogP contribution in [0.5, 0.6) is 5.75 Å². The Morgan fingerprint density at radius 2 is 1.93 bits per heavy atom. The first-order valence-corrected chi connectivity index (χ1v) is 5.68. The van der Waals surface area contributed by atoms with Crippen molar-refractivity contribution in [1.29, 1.82) is 0 Å². The van der Waals surface area contributed by atoms with E-state index in [-0.39, 0.29) is 5.41 Å². The fourth-order valence-electron chi connectivity index (χ4n) is 3.27. The molecular formula is C14H20O. The minimum atomic E-state index is 0.212. The molecule has 0 heterocycles. The highest BCUT2D eigenvalue weighted by molar-refractivity contribution is 5.55. The average Bonchev–Trinajstić information content (AvgIpc) is 2.33. The van der Waals surface area contributed by atoms with Crippen molar-refractivity contribution in [2.75, 3.05) is 0 Å². The van der Waals surface area contributed by atoms with E-state index >= 15 is 0 Å². The van der Waals surface area contributed by atoms with Gasteiger partial charge in [0.05, 0.1) is 0 Å². The first-order chi connectivity index (χ1) is 6.84. The first kappa shape index (κ1) is 10.5. The summed E-state index contributed by atoms with van der Waals surface area (Å²) in [4.78, 5) is 0. The smallest absolute Gasteiger partial charge is 0.121 e. The summed E-state index contributed by atoms with van der Waals surface area (Å²) < 4.78 is 0. The van der Waals surface area contributed by atoms with Crippen LogP contribution in [0, 0.1) is 13.8 Å². The van der Waals surface area contributed by atoms with Gasteiger partial charge in [0, 0.05) is 0 Å².